The van der Waals surface area contributed by atoms with Crippen LogP contribution in [0.1, 0.15) is 25.8 Å². The Morgan fingerprint density at radius 1 is 1.20 bits per heavy atom. The van der Waals surface area contributed by atoms with Crippen LogP contribution in [0.15, 0.2) is 24.3 Å². The summed E-state index contributed by atoms with van der Waals surface area (Å²) in [7, 11) is 3.78. The number of hydrogen-bond donors (Lipinski definition) is 1. The maximum Gasteiger partial charge on any atom is 0.443 e. The number of carbonyl (C=O) groups excluding carboxylic acids is 1. The Kier molecular flexibility index (Phi) is 6.71. The summed E-state index contributed by atoms with van der Waals surface area (Å²) in [5, 5.41) is -0.550. The zero-order valence-electron chi connectivity index (χ0n) is 20.3. The van der Waals surface area contributed by atoms with Crippen molar-refractivity contribution in [1.82, 2.24) is 24.8 Å². The molecule has 3 heterocycles. The molecular formula is C23H29F3N6O2S. The number of hydrogen-bond acceptors (Lipinski definition) is 7. The Bertz CT molecular complexity index is 1170. The van der Waals surface area contributed by atoms with Gasteiger partial charge in [0.15, 0.2) is 5.82 Å². The van der Waals surface area contributed by atoms with Gasteiger partial charge >= 0.3 is 12.3 Å². The van der Waals surface area contributed by atoms with Crippen molar-refractivity contribution in [2.45, 2.75) is 38.6 Å². The number of halogens is 3. The first-order valence-corrected chi connectivity index (χ1v) is 12.1. The number of nitrogens with zero attached hydrogens (tertiary/aromatic N) is 5. The van der Waals surface area contributed by atoms with Gasteiger partial charge < -0.3 is 24.4 Å². The van der Waals surface area contributed by atoms with E-state index in [1.165, 1.54) is 0 Å². The number of fused-ring (bicyclic) bond motifs is 1. The molecule has 0 unspecified atom stereocenters. The lowest BCUT2D eigenvalue weighted by Gasteiger charge is -2.43. The fraction of sp³-hybridized carbons (Fsp3) is 0.522. The molecule has 1 aromatic carbocycles. The van der Waals surface area contributed by atoms with Crippen LogP contribution in [-0.2, 0) is 10.9 Å². The fourth-order valence-corrected chi connectivity index (χ4v) is 5.02. The van der Waals surface area contributed by atoms with E-state index >= 15 is 0 Å². The van der Waals surface area contributed by atoms with E-state index < -0.39 is 22.9 Å². The number of aromatic nitrogens is 3. The predicted molar refractivity (Wildman–Crippen MR) is 130 cm³/mol. The van der Waals surface area contributed by atoms with Crippen LogP contribution in [0.5, 0.6) is 0 Å². The number of piperazine rings is 1. The van der Waals surface area contributed by atoms with Crippen LogP contribution >= 0.6 is 11.3 Å². The molecule has 3 aromatic rings. The summed E-state index contributed by atoms with van der Waals surface area (Å²) in [4.78, 5) is 29.9. The smallest absolute Gasteiger partial charge is 0.443 e. The second-order valence-electron chi connectivity index (χ2n) is 9.81. The summed E-state index contributed by atoms with van der Waals surface area (Å²) < 4.78 is 46.6. The number of aromatic amines is 1. The Morgan fingerprint density at radius 2 is 1.91 bits per heavy atom. The number of rotatable bonds is 4. The lowest BCUT2D eigenvalue weighted by molar-refractivity contribution is -0.137. The third-order valence-corrected chi connectivity index (χ3v) is 6.60. The number of anilines is 1. The highest BCUT2D eigenvalue weighted by molar-refractivity contribution is 7.16. The first kappa shape index (κ1) is 25.2. The van der Waals surface area contributed by atoms with E-state index in [0.29, 0.717) is 48.0 Å². The Hall–Kier alpha value is -2.86. The van der Waals surface area contributed by atoms with Crippen molar-refractivity contribution in [3.63, 3.8) is 0 Å². The van der Waals surface area contributed by atoms with Crippen molar-refractivity contribution in [3.8, 4) is 11.5 Å². The van der Waals surface area contributed by atoms with Gasteiger partial charge in [0.2, 0.25) is 5.01 Å². The molecule has 2 aromatic heterocycles. The number of nitrogens with one attached hydrogen (secondary N) is 1. The average molecular weight is 511 g/mol. The highest BCUT2D eigenvalue weighted by atomic mass is 32.1. The topological polar surface area (TPSA) is 77.6 Å². The zero-order valence-corrected chi connectivity index (χ0v) is 21.1. The van der Waals surface area contributed by atoms with Crippen molar-refractivity contribution in [2.24, 2.45) is 0 Å². The molecule has 190 valence electrons. The number of para-hydroxylation sites is 2. The molecule has 0 spiro atoms. The highest BCUT2D eigenvalue weighted by Crippen LogP contribution is 2.42. The van der Waals surface area contributed by atoms with Crippen LogP contribution < -0.4 is 4.90 Å². The number of H-pyrrole nitrogens is 1. The molecule has 1 aliphatic heterocycles. The maximum absolute atomic E-state index is 13.7. The van der Waals surface area contributed by atoms with Crippen LogP contribution in [0.25, 0.3) is 22.6 Å². The Labute approximate surface area is 205 Å². The van der Waals surface area contributed by atoms with E-state index in [2.05, 4.69) is 15.0 Å². The second kappa shape index (κ2) is 9.30. The lowest BCUT2D eigenvalue weighted by Crippen LogP contribution is -2.59. The highest BCUT2D eigenvalue weighted by Gasteiger charge is 2.40. The molecular weight excluding hydrogens is 481 g/mol. The molecule has 1 fully saturated rings. The molecule has 12 heteroatoms. The second-order valence-corrected chi connectivity index (χ2v) is 10.8. The summed E-state index contributed by atoms with van der Waals surface area (Å²) >= 11 is 0.600. The van der Waals surface area contributed by atoms with E-state index in [4.69, 9.17) is 4.74 Å². The molecule has 0 aliphatic carbocycles. The predicted octanol–water partition coefficient (Wildman–Crippen LogP) is 4.69. The van der Waals surface area contributed by atoms with Crippen LogP contribution in [0.2, 0.25) is 0 Å². The number of ether oxygens (including phenoxy) is 1. The monoisotopic (exact) mass is 510 g/mol. The molecule has 0 bridgehead atoms. The molecule has 1 atom stereocenters. The van der Waals surface area contributed by atoms with Gasteiger partial charge in [0, 0.05) is 26.2 Å². The van der Waals surface area contributed by atoms with Gasteiger partial charge in [-0.25, -0.2) is 14.8 Å². The van der Waals surface area contributed by atoms with E-state index in [-0.39, 0.29) is 17.6 Å². The lowest BCUT2D eigenvalue weighted by atomic mass is 10.1. The van der Waals surface area contributed by atoms with Crippen LogP contribution in [0.4, 0.5) is 23.0 Å². The summed E-state index contributed by atoms with van der Waals surface area (Å²) in [5.74, 6) is 0.284. The number of imidazole rings is 1. The maximum atomic E-state index is 13.7. The fourth-order valence-electron chi connectivity index (χ4n) is 4.05. The minimum absolute atomic E-state index is 0.160. The summed E-state index contributed by atoms with van der Waals surface area (Å²) in [6.45, 7) is 6.93. The van der Waals surface area contributed by atoms with Gasteiger partial charge in [-0.1, -0.05) is 23.5 Å². The average Bonchev–Trinajstić information content (AvgIpc) is 3.36. The van der Waals surface area contributed by atoms with Crippen molar-refractivity contribution >= 4 is 33.5 Å². The number of carbonyl (C=O) groups is 1. The molecule has 8 nitrogen and oxygen atoms in total. The van der Waals surface area contributed by atoms with E-state index in [9.17, 15) is 18.0 Å². The van der Waals surface area contributed by atoms with Gasteiger partial charge in [0.25, 0.3) is 0 Å². The normalized spacial score (nSPS) is 17.5. The van der Waals surface area contributed by atoms with Crippen molar-refractivity contribution in [2.75, 3.05) is 45.2 Å². The SMILES string of the molecule is CN(C)C[C@@H]1CN(c2sc(C(F)(F)F)nc2-c2nc3ccccc3[nH]2)CCN1C(=O)OC(C)(C)C. The van der Waals surface area contributed by atoms with Gasteiger partial charge in [0.1, 0.15) is 16.3 Å². The van der Waals surface area contributed by atoms with Crippen LogP contribution in [0, 0.1) is 0 Å². The van der Waals surface area contributed by atoms with Gasteiger partial charge in [0.05, 0.1) is 17.1 Å². The number of thiazole rings is 1. The van der Waals surface area contributed by atoms with Gasteiger partial charge in [-0.3, -0.25) is 0 Å². The van der Waals surface area contributed by atoms with Crippen molar-refractivity contribution in [1.29, 1.82) is 0 Å². The zero-order chi connectivity index (χ0) is 25.5. The van der Waals surface area contributed by atoms with Gasteiger partial charge in [-0.05, 0) is 47.0 Å². The molecule has 1 saturated heterocycles. The van der Waals surface area contributed by atoms with Crippen LogP contribution in [-0.4, -0.2) is 82.8 Å². The third-order valence-electron chi connectivity index (χ3n) is 5.44. The van der Waals surface area contributed by atoms with Gasteiger partial charge in [-0.15, -0.1) is 0 Å². The van der Waals surface area contributed by atoms with E-state index in [0.717, 1.165) is 5.52 Å². The minimum atomic E-state index is -4.58. The number of likely N-dealkylation sites (N-methyl/N-ethyl adjacent to an activating group) is 1. The largest absolute Gasteiger partial charge is 0.444 e. The van der Waals surface area contributed by atoms with Crippen LogP contribution in [0.3, 0.4) is 0 Å². The van der Waals surface area contributed by atoms with E-state index in [1.54, 1.807) is 31.7 Å². The molecule has 4 rings (SSSR count). The molecule has 0 saturated carbocycles. The molecule has 35 heavy (non-hydrogen) atoms. The summed E-state index contributed by atoms with van der Waals surface area (Å²) in [5.41, 5.74) is 0.878. The summed E-state index contributed by atoms with van der Waals surface area (Å²) in [6.07, 6.45) is -5.01. The van der Waals surface area contributed by atoms with E-state index in [1.807, 2.05) is 42.1 Å². The minimum Gasteiger partial charge on any atom is -0.444 e. The summed E-state index contributed by atoms with van der Waals surface area (Å²) in [6, 6.07) is 6.97. The quantitative estimate of drug-likeness (QED) is 0.549. The van der Waals surface area contributed by atoms with Gasteiger partial charge in [-0.2, -0.15) is 13.2 Å². The number of alkyl halides is 3. The molecule has 0 radical (unpaired) electrons. The first-order chi connectivity index (χ1) is 16.3. The standard InChI is InChI=1S/C23H29F3N6O2S/c1-22(2,3)34-21(33)32-11-10-31(13-14(32)12-30(4)5)19-17(29-20(35-19)23(24,25)26)18-27-15-8-6-7-9-16(15)28-18/h6-9,14H,10-13H2,1-5H3,(H,27,28)/t14-/m1/s1. The Balaban J connectivity index is 1.69. The van der Waals surface area contributed by atoms with Crippen molar-refractivity contribution < 1.29 is 22.7 Å². The number of benzene rings is 1. The molecule has 1 N–H and O–H groups in total. The van der Waals surface area contributed by atoms with Crippen molar-refractivity contribution in [3.05, 3.63) is 29.3 Å². The third kappa shape index (κ3) is 5.69. The Morgan fingerprint density at radius 3 is 2.54 bits per heavy atom. The number of amides is 1. The first-order valence-electron chi connectivity index (χ1n) is 11.2. The molecule has 1 aliphatic rings. The molecule has 1 amide bonds.